The quantitative estimate of drug-likeness (QED) is 0.662. The van der Waals surface area contributed by atoms with Gasteiger partial charge >= 0.3 is 0 Å². The molecule has 1 aliphatic rings. The Morgan fingerprint density at radius 2 is 2.07 bits per heavy atom. The lowest BCUT2D eigenvalue weighted by atomic mass is 10.0. The zero-order valence-electron chi connectivity index (χ0n) is 16.4. The number of carbonyl (C=O) groups excluding carboxylic acids is 2. The molecule has 1 heterocycles. The maximum atomic E-state index is 12.2. The average Bonchev–Trinajstić information content (AvgIpc) is 3.36. The van der Waals surface area contributed by atoms with Gasteiger partial charge < -0.3 is 10.2 Å². The number of anilines is 1. The molecule has 0 aliphatic heterocycles. The van der Waals surface area contributed by atoms with Gasteiger partial charge in [-0.2, -0.15) is 0 Å². The van der Waals surface area contributed by atoms with Gasteiger partial charge in [0.15, 0.2) is 0 Å². The van der Waals surface area contributed by atoms with Gasteiger partial charge in [-0.15, -0.1) is 5.10 Å². The lowest BCUT2D eigenvalue weighted by Crippen LogP contribution is -2.22. The normalized spacial score (nSPS) is 14.2. The molecular weight excluding hydrogens is 374 g/mol. The zero-order chi connectivity index (χ0) is 19.9. The summed E-state index contributed by atoms with van der Waals surface area (Å²) in [5, 5.41) is 10.6. The Bertz CT molecular complexity index is 814. The van der Waals surface area contributed by atoms with Crippen LogP contribution < -0.4 is 5.32 Å². The molecule has 28 heavy (non-hydrogen) atoms. The van der Waals surface area contributed by atoms with E-state index in [1.165, 1.54) is 42.3 Å². The first-order chi connectivity index (χ1) is 13.5. The Morgan fingerprint density at radius 1 is 1.29 bits per heavy atom. The molecule has 150 valence electrons. The third kappa shape index (κ3) is 5.82. The summed E-state index contributed by atoms with van der Waals surface area (Å²) < 4.78 is 0. The summed E-state index contributed by atoms with van der Waals surface area (Å²) in [5.74, 6) is 1.67. The first-order valence-corrected chi connectivity index (χ1v) is 10.7. The van der Waals surface area contributed by atoms with Gasteiger partial charge in [-0.3, -0.25) is 14.7 Å². The predicted molar refractivity (Wildman–Crippen MR) is 110 cm³/mol. The van der Waals surface area contributed by atoms with Crippen molar-refractivity contribution in [3.63, 3.8) is 0 Å². The molecule has 8 heteroatoms. The van der Waals surface area contributed by atoms with Gasteiger partial charge in [0.25, 0.3) is 5.91 Å². The number of amides is 2. The average molecular weight is 402 g/mol. The maximum Gasteiger partial charge on any atom is 0.253 e. The molecular formula is C20H27N5O2S. The molecule has 7 nitrogen and oxygen atoms in total. The zero-order valence-corrected chi connectivity index (χ0v) is 17.2. The van der Waals surface area contributed by atoms with E-state index >= 15 is 0 Å². The Hall–Kier alpha value is -2.35. The third-order valence-corrected chi connectivity index (χ3v) is 5.75. The lowest BCUT2D eigenvalue weighted by Gasteiger charge is -2.11. The van der Waals surface area contributed by atoms with Crippen molar-refractivity contribution in [2.45, 2.75) is 43.7 Å². The number of aryl methyl sites for hydroxylation is 1. The van der Waals surface area contributed by atoms with E-state index in [4.69, 9.17) is 0 Å². The smallest absolute Gasteiger partial charge is 0.253 e. The number of nitrogens with one attached hydrogen (secondary N) is 2. The number of H-pyrrole nitrogens is 1. The molecule has 1 aliphatic carbocycles. The van der Waals surface area contributed by atoms with Crippen LogP contribution >= 0.6 is 11.8 Å². The third-order valence-electron chi connectivity index (χ3n) is 4.91. The molecule has 1 aromatic heterocycles. The Morgan fingerprint density at radius 3 is 2.82 bits per heavy atom. The highest BCUT2D eigenvalue weighted by Gasteiger charge is 2.16. The summed E-state index contributed by atoms with van der Waals surface area (Å²) >= 11 is 1.30. The molecule has 0 bridgehead atoms. The molecule has 1 fully saturated rings. The number of hydrogen-bond acceptors (Lipinski definition) is 5. The maximum absolute atomic E-state index is 12.2. The second-order valence-electron chi connectivity index (χ2n) is 7.37. The monoisotopic (exact) mass is 401 g/mol. The SMILES string of the molecule is CN(C)C(=O)c1cccc(NC(=O)CSc2n[nH]c(CCC3CCCC3)n2)c1. The first-order valence-electron chi connectivity index (χ1n) is 9.67. The number of thioether (sulfide) groups is 1. The minimum Gasteiger partial charge on any atom is -0.345 e. The van der Waals surface area contributed by atoms with E-state index in [2.05, 4.69) is 20.5 Å². The van der Waals surface area contributed by atoms with Crippen LogP contribution in [0.1, 0.15) is 48.3 Å². The van der Waals surface area contributed by atoms with Crippen molar-refractivity contribution in [3.05, 3.63) is 35.7 Å². The Balaban J connectivity index is 1.45. The Kier molecular flexibility index (Phi) is 7.08. The van der Waals surface area contributed by atoms with E-state index in [-0.39, 0.29) is 17.6 Å². The first kappa shape index (κ1) is 20.4. The van der Waals surface area contributed by atoms with Crippen LogP contribution in [0.15, 0.2) is 29.4 Å². The molecule has 0 spiro atoms. The van der Waals surface area contributed by atoms with Gasteiger partial charge in [0.1, 0.15) is 5.82 Å². The van der Waals surface area contributed by atoms with E-state index in [1.807, 2.05) is 0 Å². The summed E-state index contributed by atoms with van der Waals surface area (Å²) in [6.07, 6.45) is 7.43. The molecule has 0 unspecified atom stereocenters. The van der Waals surface area contributed by atoms with E-state index in [1.54, 1.807) is 38.4 Å². The fourth-order valence-electron chi connectivity index (χ4n) is 3.41. The van der Waals surface area contributed by atoms with E-state index < -0.39 is 0 Å². The Labute approximate surface area is 169 Å². The molecule has 0 atom stereocenters. The highest BCUT2D eigenvalue weighted by molar-refractivity contribution is 7.99. The standard InChI is InChI=1S/C20H27N5O2S/c1-25(2)19(27)15-8-5-9-16(12-15)21-18(26)13-28-20-22-17(23-24-20)11-10-14-6-3-4-7-14/h5,8-9,12,14H,3-4,6-7,10-11,13H2,1-2H3,(H,21,26)(H,22,23,24). The highest BCUT2D eigenvalue weighted by atomic mass is 32.2. The van der Waals surface area contributed by atoms with Crippen molar-refractivity contribution in [3.8, 4) is 0 Å². The minimum atomic E-state index is -0.156. The van der Waals surface area contributed by atoms with Gasteiger partial charge in [0, 0.05) is 31.8 Å². The number of carbonyl (C=O) groups is 2. The second-order valence-corrected chi connectivity index (χ2v) is 8.31. The van der Waals surface area contributed by atoms with Crippen LogP contribution in [0, 0.1) is 5.92 Å². The van der Waals surface area contributed by atoms with Crippen molar-refractivity contribution in [1.29, 1.82) is 0 Å². The van der Waals surface area contributed by atoms with Gasteiger partial charge in [-0.05, 0) is 30.5 Å². The van der Waals surface area contributed by atoms with Crippen LogP contribution in [0.2, 0.25) is 0 Å². The molecule has 0 radical (unpaired) electrons. The molecule has 2 aromatic rings. The molecule has 2 amide bonds. The summed E-state index contributed by atoms with van der Waals surface area (Å²) in [4.78, 5) is 30.2. The van der Waals surface area contributed by atoms with Crippen LogP contribution in [0.25, 0.3) is 0 Å². The predicted octanol–water partition coefficient (Wildman–Crippen LogP) is 3.36. The van der Waals surface area contributed by atoms with E-state index in [0.29, 0.717) is 16.4 Å². The molecule has 1 saturated carbocycles. The van der Waals surface area contributed by atoms with Crippen molar-refractivity contribution < 1.29 is 9.59 Å². The summed E-state index contributed by atoms with van der Waals surface area (Å²) in [6.45, 7) is 0. The highest BCUT2D eigenvalue weighted by Crippen LogP contribution is 2.28. The number of aromatic amines is 1. The molecule has 1 aromatic carbocycles. The number of rotatable bonds is 8. The van der Waals surface area contributed by atoms with Gasteiger partial charge in [-0.1, -0.05) is 43.5 Å². The number of benzene rings is 1. The topological polar surface area (TPSA) is 91.0 Å². The minimum absolute atomic E-state index is 0.101. The summed E-state index contributed by atoms with van der Waals surface area (Å²) in [6, 6.07) is 6.93. The molecule has 2 N–H and O–H groups in total. The van der Waals surface area contributed by atoms with Crippen molar-refractivity contribution in [1.82, 2.24) is 20.1 Å². The van der Waals surface area contributed by atoms with Crippen LogP contribution in [0.5, 0.6) is 0 Å². The summed E-state index contributed by atoms with van der Waals surface area (Å²) in [7, 11) is 3.40. The van der Waals surface area contributed by atoms with Crippen molar-refractivity contribution in [2.24, 2.45) is 5.92 Å². The van der Waals surface area contributed by atoms with Crippen LogP contribution in [-0.2, 0) is 11.2 Å². The van der Waals surface area contributed by atoms with Gasteiger partial charge in [0.2, 0.25) is 11.1 Å². The van der Waals surface area contributed by atoms with Crippen molar-refractivity contribution in [2.75, 3.05) is 25.2 Å². The van der Waals surface area contributed by atoms with Gasteiger partial charge in [0.05, 0.1) is 5.75 Å². The summed E-state index contributed by atoms with van der Waals surface area (Å²) in [5.41, 5.74) is 1.14. The lowest BCUT2D eigenvalue weighted by molar-refractivity contribution is -0.113. The fraction of sp³-hybridized carbons (Fsp3) is 0.500. The second kappa shape index (κ2) is 9.73. The van der Waals surface area contributed by atoms with Crippen molar-refractivity contribution >= 4 is 29.3 Å². The molecule has 0 saturated heterocycles. The number of nitrogens with zero attached hydrogens (tertiary/aromatic N) is 3. The van der Waals surface area contributed by atoms with E-state index in [9.17, 15) is 9.59 Å². The fourth-order valence-corrected chi connectivity index (χ4v) is 4.03. The van der Waals surface area contributed by atoms with Crippen LogP contribution in [0.4, 0.5) is 5.69 Å². The number of aromatic nitrogens is 3. The molecule has 3 rings (SSSR count). The number of hydrogen-bond donors (Lipinski definition) is 2. The van der Waals surface area contributed by atoms with E-state index in [0.717, 1.165) is 24.6 Å². The largest absolute Gasteiger partial charge is 0.345 e. The van der Waals surface area contributed by atoms with Crippen LogP contribution in [-0.4, -0.2) is 51.7 Å². The van der Waals surface area contributed by atoms with Gasteiger partial charge in [-0.25, -0.2) is 4.98 Å². The van der Waals surface area contributed by atoms with Crippen LogP contribution in [0.3, 0.4) is 0 Å².